The monoisotopic (exact) mass is 180 g/mol. The highest BCUT2D eigenvalue weighted by Gasteiger charge is 2.06. The third kappa shape index (κ3) is 0.984. The zero-order chi connectivity index (χ0) is 8.55. The minimum atomic E-state index is 0.512. The average molecular weight is 180 g/mol. The maximum absolute atomic E-state index is 5.57. The van der Waals surface area contributed by atoms with Gasteiger partial charge in [-0.3, -0.25) is 0 Å². The Morgan fingerprint density at radius 3 is 2.83 bits per heavy atom. The molecule has 2 rings (SSSR count). The van der Waals surface area contributed by atoms with Crippen LogP contribution in [0, 0.1) is 0 Å². The molecule has 0 aliphatic heterocycles. The first-order valence-electron chi connectivity index (χ1n) is 3.45. The molecule has 12 heavy (non-hydrogen) atoms. The number of thiazole rings is 1. The molecule has 0 bridgehead atoms. The van der Waals surface area contributed by atoms with Gasteiger partial charge in [0.05, 0.1) is 23.1 Å². The maximum atomic E-state index is 5.57. The second kappa shape index (κ2) is 2.60. The van der Waals surface area contributed by atoms with Gasteiger partial charge in [-0.05, 0) is 0 Å². The lowest BCUT2D eigenvalue weighted by Gasteiger charge is -1.98. The second-order valence-electron chi connectivity index (χ2n) is 2.43. The summed E-state index contributed by atoms with van der Waals surface area (Å²) in [4.78, 5) is 8.14. The Balaban J connectivity index is 2.55. The summed E-state index contributed by atoms with van der Waals surface area (Å²) in [7, 11) is 1.87. The smallest absolute Gasteiger partial charge is 0.200 e. The van der Waals surface area contributed by atoms with Crippen molar-refractivity contribution in [2.24, 2.45) is 7.05 Å². The predicted molar refractivity (Wildman–Crippen MR) is 48.7 cm³/mol. The highest BCUT2D eigenvalue weighted by atomic mass is 32.1. The molecule has 5 heteroatoms. The Bertz CT molecular complexity index is 376. The van der Waals surface area contributed by atoms with Gasteiger partial charge < -0.3 is 10.3 Å². The summed E-state index contributed by atoms with van der Waals surface area (Å²) < 4.78 is 1.81. The summed E-state index contributed by atoms with van der Waals surface area (Å²) in [5.41, 5.74) is 9.24. The number of imidazole rings is 1. The lowest BCUT2D eigenvalue weighted by molar-refractivity contribution is 0.934. The normalized spacial score (nSPS) is 10.4. The third-order valence-electron chi connectivity index (χ3n) is 1.72. The topological polar surface area (TPSA) is 56.7 Å². The summed E-state index contributed by atoms with van der Waals surface area (Å²) in [5.74, 6) is 0.512. The number of nitrogen functional groups attached to an aromatic ring is 1. The van der Waals surface area contributed by atoms with Crippen molar-refractivity contribution in [1.82, 2.24) is 14.5 Å². The van der Waals surface area contributed by atoms with Crippen molar-refractivity contribution in [3.05, 3.63) is 17.1 Å². The molecule has 0 atom stereocenters. The van der Waals surface area contributed by atoms with Gasteiger partial charge in [-0.25, -0.2) is 9.97 Å². The minimum Gasteiger partial charge on any atom is -0.369 e. The molecule has 0 amide bonds. The van der Waals surface area contributed by atoms with Gasteiger partial charge in [0, 0.05) is 12.4 Å². The van der Waals surface area contributed by atoms with Crippen LogP contribution < -0.4 is 5.73 Å². The third-order valence-corrected chi connectivity index (χ3v) is 2.31. The van der Waals surface area contributed by atoms with Crippen LogP contribution in [0.15, 0.2) is 17.1 Å². The van der Waals surface area contributed by atoms with E-state index in [1.807, 2.05) is 17.0 Å². The number of hydrogen-bond donors (Lipinski definition) is 1. The highest BCUT2D eigenvalue weighted by molar-refractivity contribution is 7.07. The van der Waals surface area contributed by atoms with Gasteiger partial charge in [0.1, 0.15) is 0 Å². The van der Waals surface area contributed by atoms with E-state index in [2.05, 4.69) is 9.97 Å². The standard InChI is InChI=1S/C7H8N4S/c1-11-6(2-9-7(11)8)5-3-12-4-10-5/h2-4H,1H3,(H2,8,9). The van der Waals surface area contributed by atoms with E-state index in [9.17, 15) is 0 Å². The molecule has 0 radical (unpaired) electrons. The fourth-order valence-electron chi connectivity index (χ4n) is 1.00. The number of nitrogens with zero attached hydrogens (tertiary/aromatic N) is 3. The molecule has 62 valence electrons. The van der Waals surface area contributed by atoms with Crippen LogP contribution >= 0.6 is 11.3 Å². The Kier molecular flexibility index (Phi) is 1.58. The molecule has 2 heterocycles. The number of aromatic nitrogens is 3. The van der Waals surface area contributed by atoms with Gasteiger partial charge in [-0.1, -0.05) is 0 Å². The number of nitrogens with two attached hydrogens (primary N) is 1. The molecular formula is C7H8N4S. The van der Waals surface area contributed by atoms with Crippen molar-refractivity contribution in [3.63, 3.8) is 0 Å². The zero-order valence-corrected chi connectivity index (χ0v) is 7.38. The van der Waals surface area contributed by atoms with Crippen molar-refractivity contribution < 1.29 is 0 Å². The van der Waals surface area contributed by atoms with E-state index in [1.165, 1.54) is 0 Å². The molecule has 0 saturated heterocycles. The lowest BCUT2D eigenvalue weighted by atomic mass is 10.4. The van der Waals surface area contributed by atoms with Crippen LogP contribution in [-0.2, 0) is 7.05 Å². The van der Waals surface area contributed by atoms with Crippen molar-refractivity contribution in [3.8, 4) is 11.4 Å². The van der Waals surface area contributed by atoms with E-state index < -0.39 is 0 Å². The van der Waals surface area contributed by atoms with E-state index in [4.69, 9.17) is 5.73 Å². The summed E-state index contributed by atoms with van der Waals surface area (Å²) in [6.45, 7) is 0. The van der Waals surface area contributed by atoms with Crippen molar-refractivity contribution in [2.45, 2.75) is 0 Å². The summed E-state index contributed by atoms with van der Waals surface area (Å²) in [6.07, 6.45) is 1.73. The van der Waals surface area contributed by atoms with Gasteiger partial charge in [-0.15, -0.1) is 11.3 Å². The first-order chi connectivity index (χ1) is 5.79. The van der Waals surface area contributed by atoms with Gasteiger partial charge in [0.2, 0.25) is 0 Å². The average Bonchev–Trinajstić information content (AvgIpc) is 2.64. The maximum Gasteiger partial charge on any atom is 0.200 e. The zero-order valence-electron chi connectivity index (χ0n) is 6.56. The second-order valence-corrected chi connectivity index (χ2v) is 3.15. The van der Waals surface area contributed by atoms with Crippen molar-refractivity contribution in [2.75, 3.05) is 5.73 Å². The molecule has 0 aromatic carbocycles. The number of rotatable bonds is 1. The van der Waals surface area contributed by atoms with Crippen LogP contribution in [-0.4, -0.2) is 14.5 Å². The van der Waals surface area contributed by atoms with E-state index >= 15 is 0 Å². The van der Waals surface area contributed by atoms with Crippen LogP contribution in [0.5, 0.6) is 0 Å². The molecule has 0 aliphatic rings. The molecule has 0 fully saturated rings. The molecule has 0 unspecified atom stereocenters. The van der Waals surface area contributed by atoms with Crippen molar-refractivity contribution in [1.29, 1.82) is 0 Å². The van der Waals surface area contributed by atoms with E-state index in [-0.39, 0.29) is 0 Å². The van der Waals surface area contributed by atoms with Gasteiger partial charge in [0.25, 0.3) is 0 Å². The van der Waals surface area contributed by atoms with Gasteiger partial charge in [0.15, 0.2) is 5.95 Å². The van der Waals surface area contributed by atoms with Gasteiger partial charge >= 0.3 is 0 Å². The van der Waals surface area contributed by atoms with Crippen LogP contribution in [0.4, 0.5) is 5.95 Å². The summed E-state index contributed by atoms with van der Waals surface area (Å²) in [5, 5.41) is 1.97. The highest BCUT2D eigenvalue weighted by Crippen LogP contribution is 2.19. The van der Waals surface area contributed by atoms with Gasteiger partial charge in [-0.2, -0.15) is 0 Å². The van der Waals surface area contributed by atoms with Crippen LogP contribution in [0.3, 0.4) is 0 Å². The molecule has 4 nitrogen and oxygen atoms in total. The molecule has 0 saturated carbocycles. The van der Waals surface area contributed by atoms with Crippen LogP contribution in [0.25, 0.3) is 11.4 Å². The van der Waals surface area contributed by atoms with Crippen LogP contribution in [0.1, 0.15) is 0 Å². The Morgan fingerprint density at radius 1 is 1.50 bits per heavy atom. The first-order valence-corrected chi connectivity index (χ1v) is 4.39. The fourth-order valence-corrected chi connectivity index (χ4v) is 1.55. The number of hydrogen-bond acceptors (Lipinski definition) is 4. The molecule has 2 aromatic heterocycles. The van der Waals surface area contributed by atoms with E-state index in [0.29, 0.717) is 5.95 Å². The largest absolute Gasteiger partial charge is 0.369 e. The van der Waals surface area contributed by atoms with E-state index in [0.717, 1.165) is 11.4 Å². The first kappa shape index (κ1) is 7.30. The van der Waals surface area contributed by atoms with E-state index in [1.54, 1.807) is 23.0 Å². The Hall–Kier alpha value is -1.36. The molecule has 2 N–H and O–H groups in total. The molecule has 0 aliphatic carbocycles. The fraction of sp³-hybridized carbons (Fsp3) is 0.143. The van der Waals surface area contributed by atoms with Crippen molar-refractivity contribution >= 4 is 17.3 Å². The molecule has 2 aromatic rings. The molecule has 0 spiro atoms. The minimum absolute atomic E-state index is 0.512. The predicted octanol–water partition coefficient (Wildman–Crippen LogP) is 1.13. The summed E-state index contributed by atoms with van der Waals surface area (Å²) >= 11 is 1.56. The quantitative estimate of drug-likeness (QED) is 0.715. The lowest BCUT2D eigenvalue weighted by Crippen LogP contribution is -1.98. The number of anilines is 1. The Labute approximate surface area is 73.7 Å². The van der Waals surface area contributed by atoms with Crippen LogP contribution in [0.2, 0.25) is 0 Å². The summed E-state index contributed by atoms with van der Waals surface area (Å²) in [6, 6.07) is 0. The Morgan fingerprint density at radius 2 is 2.33 bits per heavy atom. The molecular weight excluding hydrogens is 172 g/mol. The SMILES string of the molecule is Cn1c(-c2cscn2)cnc1N.